The fourth-order valence-electron chi connectivity index (χ4n) is 6.78. The van der Waals surface area contributed by atoms with Crippen LogP contribution < -0.4 is 0 Å². The molecule has 0 aliphatic heterocycles. The van der Waals surface area contributed by atoms with E-state index in [2.05, 4.69) is 19.9 Å². The van der Waals surface area contributed by atoms with Gasteiger partial charge in [-0.1, -0.05) is 44.9 Å². The van der Waals surface area contributed by atoms with E-state index in [-0.39, 0.29) is 17.7 Å². The minimum absolute atomic E-state index is 0.0247. The van der Waals surface area contributed by atoms with Crippen LogP contribution in [0, 0.1) is 29.4 Å². The van der Waals surface area contributed by atoms with Crippen LogP contribution in [-0.4, -0.2) is 0 Å². The van der Waals surface area contributed by atoms with Gasteiger partial charge in [0, 0.05) is 0 Å². The number of halogens is 3. The highest BCUT2D eigenvalue weighted by Gasteiger charge is 2.29. The van der Waals surface area contributed by atoms with E-state index in [0.717, 1.165) is 88.5 Å². The first-order chi connectivity index (χ1) is 16.5. The van der Waals surface area contributed by atoms with E-state index in [1.165, 1.54) is 12.8 Å². The molecular formula is C31H43F3. The summed E-state index contributed by atoms with van der Waals surface area (Å²) in [4.78, 5) is 0. The average molecular weight is 473 g/mol. The fraction of sp³-hybridized carbons (Fsp3) is 0.677. The van der Waals surface area contributed by atoms with Gasteiger partial charge in [-0.25, -0.2) is 13.2 Å². The third kappa shape index (κ3) is 6.00. The average Bonchev–Trinajstić information content (AvgIpc) is 2.86. The van der Waals surface area contributed by atoms with Crippen molar-refractivity contribution in [2.45, 2.75) is 116 Å². The molecule has 3 heteroatoms. The van der Waals surface area contributed by atoms with E-state index >= 15 is 8.78 Å². The predicted molar refractivity (Wildman–Crippen MR) is 136 cm³/mol. The Bertz CT molecular complexity index is 867. The third-order valence-electron chi connectivity index (χ3n) is 9.11. The molecule has 2 saturated carbocycles. The molecule has 0 radical (unpaired) electrons. The predicted octanol–water partition coefficient (Wildman–Crippen LogP) is 10.3. The molecule has 0 nitrogen and oxygen atoms in total. The Morgan fingerprint density at radius 2 is 1.26 bits per heavy atom. The van der Waals surface area contributed by atoms with Crippen LogP contribution in [-0.2, 0) is 0 Å². The smallest absolute Gasteiger partial charge is 0.162 e. The van der Waals surface area contributed by atoms with Crippen LogP contribution in [0.2, 0.25) is 0 Å². The lowest BCUT2D eigenvalue weighted by molar-refractivity contribution is 0.297. The largest absolute Gasteiger partial charge is 0.207 e. The summed E-state index contributed by atoms with van der Waals surface area (Å²) >= 11 is 0. The molecule has 0 saturated heterocycles. The van der Waals surface area contributed by atoms with Crippen molar-refractivity contribution in [3.05, 3.63) is 58.4 Å². The van der Waals surface area contributed by atoms with Gasteiger partial charge in [0.05, 0.1) is 0 Å². The van der Waals surface area contributed by atoms with Crippen LogP contribution in [0.1, 0.15) is 127 Å². The second-order valence-electron chi connectivity index (χ2n) is 11.3. The first-order valence-electron chi connectivity index (χ1n) is 14.0. The Balaban J connectivity index is 1.29. The zero-order chi connectivity index (χ0) is 24.1. The van der Waals surface area contributed by atoms with Gasteiger partial charge in [0.15, 0.2) is 11.6 Å². The molecule has 3 aliphatic carbocycles. The summed E-state index contributed by atoms with van der Waals surface area (Å²) in [5.74, 6) is 0.731. The highest BCUT2D eigenvalue weighted by atomic mass is 19.2. The maximum absolute atomic E-state index is 15.2. The minimum atomic E-state index is -0.596. The second-order valence-corrected chi connectivity index (χ2v) is 11.3. The lowest BCUT2D eigenvalue weighted by Crippen LogP contribution is -2.17. The van der Waals surface area contributed by atoms with E-state index in [9.17, 15) is 4.39 Å². The Kier molecular flexibility index (Phi) is 8.99. The number of hydrogen-bond acceptors (Lipinski definition) is 0. The summed E-state index contributed by atoms with van der Waals surface area (Å²) in [7, 11) is 0. The van der Waals surface area contributed by atoms with Crippen molar-refractivity contribution < 1.29 is 13.2 Å². The molecule has 1 atom stereocenters. The van der Waals surface area contributed by atoms with Gasteiger partial charge in [-0.2, -0.15) is 0 Å². The van der Waals surface area contributed by atoms with E-state index < -0.39 is 11.6 Å². The Morgan fingerprint density at radius 3 is 1.74 bits per heavy atom. The topological polar surface area (TPSA) is 0 Å². The van der Waals surface area contributed by atoms with E-state index in [0.29, 0.717) is 23.0 Å². The van der Waals surface area contributed by atoms with Crippen molar-refractivity contribution in [3.8, 4) is 0 Å². The first kappa shape index (κ1) is 25.6. The standard InChI is InChI=1S/C31H43F3/c1-3-5-22-7-12-24(13-8-22)27-18-19-28(31(34)30(27)33)25-14-9-23(10-15-25)11-17-26-16-6-21(4-2)20-29(26)32/h16,18-25H,3-15,17H2,1-2H3/t21-,22?,23?,24?,25?/m0/s1. The molecule has 0 amide bonds. The van der Waals surface area contributed by atoms with Crippen molar-refractivity contribution in [1.29, 1.82) is 0 Å². The molecule has 0 heterocycles. The maximum Gasteiger partial charge on any atom is 0.162 e. The van der Waals surface area contributed by atoms with Crippen LogP contribution in [0.4, 0.5) is 13.2 Å². The van der Waals surface area contributed by atoms with Gasteiger partial charge in [0.25, 0.3) is 0 Å². The number of hydrogen-bond donors (Lipinski definition) is 0. The summed E-state index contributed by atoms with van der Waals surface area (Å²) in [5.41, 5.74) is 2.05. The molecular weight excluding hydrogens is 429 g/mol. The van der Waals surface area contributed by atoms with Crippen molar-refractivity contribution in [1.82, 2.24) is 0 Å². The second kappa shape index (κ2) is 12.0. The van der Waals surface area contributed by atoms with Gasteiger partial charge >= 0.3 is 0 Å². The van der Waals surface area contributed by atoms with Gasteiger partial charge in [-0.05, 0) is 129 Å². The Morgan fingerprint density at radius 1 is 0.735 bits per heavy atom. The molecule has 34 heavy (non-hydrogen) atoms. The Labute approximate surface area is 205 Å². The molecule has 0 aromatic heterocycles. The first-order valence-corrected chi connectivity index (χ1v) is 14.0. The van der Waals surface area contributed by atoms with Gasteiger partial charge in [-0.3, -0.25) is 0 Å². The number of rotatable bonds is 8. The lowest BCUT2D eigenvalue weighted by Gasteiger charge is -2.31. The van der Waals surface area contributed by atoms with E-state index in [4.69, 9.17) is 0 Å². The molecule has 188 valence electrons. The van der Waals surface area contributed by atoms with Gasteiger partial charge in [-0.15, -0.1) is 0 Å². The summed E-state index contributed by atoms with van der Waals surface area (Å²) < 4.78 is 44.6. The maximum atomic E-state index is 15.2. The number of allylic oxidation sites excluding steroid dienone is 4. The zero-order valence-corrected chi connectivity index (χ0v) is 21.2. The van der Waals surface area contributed by atoms with Crippen LogP contribution in [0.15, 0.2) is 35.7 Å². The van der Waals surface area contributed by atoms with Crippen molar-refractivity contribution in [2.75, 3.05) is 0 Å². The monoisotopic (exact) mass is 472 g/mol. The van der Waals surface area contributed by atoms with Crippen LogP contribution in [0.3, 0.4) is 0 Å². The lowest BCUT2D eigenvalue weighted by atomic mass is 9.74. The van der Waals surface area contributed by atoms with Crippen LogP contribution in [0.25, 0.3) is 0 Å². The van der Waals surface area contributed by atoms with E-state index in [1.807, 2.05) is 12.1 Å². The molecule has 0 N–H and O–H groups in total. The molecule has 0 unspecified atom stereocenters. The highest BCUT2D eigenvalue weighted by Crippen LogP contribution is 2.43. The van der Waals surface area contributed by atoms with Crippen molar-refractivity contribution in [2.24, 2.45) is 17.8 Å². The van der Waals surface area contributed by atoms with Gasteiger partial charge in [0.2, 0.25) is 0 Å². The molecule has 1 aromatic rings. The molecule has 1 aromatic carbocycles. The molecule has 4 rings (SSSR count). The minimum Gasteiger partial charge on any atom is -0.207 e. The van der Waals surface area contributed by atoms with Crippen LogP contribution >= 0.6 is 0 Å². The Hall–Kier alpha value is -1.51. The number of benzene rings is 1. The highest BCUT2D eigenvalue weighted by molar-refractivity contribution is 5.32. The van der Waals surface area contributed by atoms with Crippen molar-refractivity contribution >= 4 is 0 Å². The molecule has 0 bridgehead atoms. The van der Waals surface area contributed by atoms with Crippen molar-refractivity contribution in [3.63, 3.8) is 0 Å². The molecule has 2 fully saturated rings. The normalized spacial score (nSPS) is 30.1. The molecule has 3 aliphatic rings. The quantitative estimate of drug-likeness (QED) is 0.353. The zero-order valence-electron chi connectivity index (χ0n) is 21.2. The fourth-order valence-corrected chi connectivity index (χ4v) is 6.78. The van der Waals surface area contributed by atoms with E-state index in [1.54, 1.807) is 6.08 Å². The van der Waals surface area contributed by atoms with Gasteiger partial charge < -0.3 is 0 Å². The summed E-state index contributed by atoms with van der Waals surface area (Å²) in [6.45, 7) is 4.33. The van der Waals surface area contributed by atoms with Gasteiger partial charge in [0.1, 0.15) is 5.83 Å². The van der Waals surface area contributed by atoms with Crippen LogP contribution in [0.5, 0.6) is 0 Å². The SMILES string of the molecule is CCCC1CCC(c2ccc(C3CCC(CCC4=CC[C@H](CC)C=C4F)CC3)c(F)c2F)CC1. The summed E-state index contributed by atoms with van der Waals surface area (Å²) in [6, 6.07) is 3.77. The molecule has 0 spiro atoms. The summed E-state index contributed by atoms with van der Waals surface area (Å²) in [5, 5.41) is 0. The summed E-state index contributed by atoms with van der Waals surface area (Å²) in [6.07, 6.45) is 18.2. The third-order valence-corrected chi connectivity index (χ3v) is 9.11.